The van der Waals surface area contributed by atoms with Crippen LogP contribution in [0.5, 0.6) is 0 Å². The summed E-state index contributed by atoms with van der Waals surface area (Å²) >= 11 is 6.37. The Balaban J connectivity index is 1.61. The van der Waals surface area contributed by atoms with Gasteiger partial charge in [-0.1, -0.05) is 54.1 Å². The van der Waals surface area contributed by atoms with Crippen molar-refractivity contribution >= 4 is 34.3 Å². The Bertz CT molecular complexity index is 997. The third kappa shape index (κ3) is 3.55. The quantitative estimate of drug-likeness (QED) is 0.633. The molecule has 1 aliphatic rings. The zero-order valence-electron chi connectivity index (χ0n) is 14.7. The number of para-hydroxylation sites is 1. The van der Waals surface area contributed by atoms with E-state index in [9.17, 15) is 9.59 Å². The van der Waals surface area contributed by atoms with Crippen LogP contribution in [0.4, 0.5) is 0 Å². The molecule has 1 fully saturated rings. The van der Waals surface area contributed by atoms with E-state index in [1.807, 2.05) is 48.5 Å². The summed E-state index contributed by atoms with van der Waals surface area (Å²) in [6.07, 6.45) is 1.51. The van der Waals surface area contributed by atoms with Gasteiger partial charge in [0.2, 0.25) is 11.8 Å². The number of aromatic nitrogens is 1. The van der Waals surface area contributed by atoms with E-state index in [-0.39, 0.29) is 11.8 Å². The highest BCUT2D eigenvalue weighted by molar-refractivity contribution is 6.35. The predicted molar refractivity (Wildman–Crippen MR) is 107 cm³/mol. The zero-order valence-corrected chi connectivity index (χ0v) is 15.5. The molecule has 0 aliphatic carbocycles. The van der Waals surface area contributed by atoms with Gasteiger partial charge in [-0.05, 0) is 30.0 Å². The average Bonchev–Trinajstić information content (AvgIpc) is 3.25. The molecule has 0 bridgehead atoms. The highest BCUT2D eigenvalue weighted by Gasteiger charge is 2.25. The minimum atomic E-state index is -0.413. The van der Waals surface area contributed by atoms with Crippen molar-refractivity contribution in [2.75, 3.05) is 6.54 Å². The predicted octanol–water partition coefficient (Wildman–Crippen LogP) is 3.43. The molecule has 138 valence electrons. The molecule has 27 heavy (non-hydrogen) atoms. The molecule has 0 spiro atoms. The zero-order chi connectivity index (χ0) is 18.8. The first-order chi connectivity index (χ1) is 13.1. The van der Waals surface area contributed by atoms with Gasteiger partial charge in [0, 0.05) is 24.0 Å². The number of aromatic amines is 1. The topological polar surface area (TPSA) is 74.0 Å². The van der Waals surface area contributed by atoms with Crippen LogP contribution in [0.2, 0.25) is 5.02 Å². The van der Waals surface area contributed by atoms with Crippen molar-refractivity contribution in [1.29, 1.82) is 0 Å². The lowest BCUT2D eigenvalue weighted by molar-refractivity contribution is -0.127. The summed E-state index contributed by atoms with van der Waals surface area (Å²) in [6.45, 7) is 0.614. The number of benzene rings is 2. The number of carbonyl (C=O) groups is 2. The fourth-order valence-corrected chi connectivity index (χ4v) is 3.81. The summed E-state index contributed by atoms with van der Waals surface area (Å²) < 4.78 is 0. The molecule has 2 amide bonds. The number of hydrogen-bond acceptors (Lipinski definition) is 2. The van der Waals surface area contributed by atoms with Gasteiger partial charge in [-0.15, -0.1) is 0 Å². The molecule has 6 heteroatoms. The van der Waals surface area contributed by atoms with Crippen molar-refractivity contribution in [3.05, 3.63) is 59.1 Å². The van der Waals surface area contributed by atoms with Crippen molar-refractivity contribution in [3.63, 3.8) is 0 Å². The second-order valence-electron chi connectivity index (χ2n) is 6.71. The van der Waals surface area contributed by atoms with Gasteiger partial charge in [0.1, 0.15) is 6.04 Å². The van der Waals surface area contributed by atoms with Gasteiger partial charge in [-0.25, -0.2) is 0 Å². The number of rotatable bonds is 5. The first kappa shape index (κ1) is 17.6. The Hall–Kier alpha value is -2.79. The van der Waals surface area contributed by atoms with Crippen molar-refractivity contribution in [2.45, 2.75) is 25.3 Å². The largest absolute Gasteiger partial charge is 0.354 e. The van der Waals surface area contributed by atoms with E-state index >= 15 is 0 Å². The minimum Gasteiger partial charge on any atom is -0.354 e. The number of H-pyrrole nitrogens is 1. The molecule has 1 saturated heterocycles. The Labute approximate surface area is 162 Å². The summed E-state index contributed by atoms with van der Waals surface area (Å²) in [5, 5.41) is 7.23. The van der Waals surface area contributed by atoms with Crippen LogP contribution in [0.15, 0.2) is 48.5 Å². The molecule has 1 atom stereocenters. The maximum absolute atomic E-state index is 12.4. The molecule has 2 aromatic carbocycles. The Morgan fingerprint density at radius 1 is 1.15 bits per heavy atom. The monoisotopic (exact) mass is 381 g/mol. The van der Waals surface area contributed by atoms with Gasteiger partial charge in [0.05, 0.1) is 10.5 Å². The number of hydrogen-bond donors (Lipinski definition) is 3. The second kappa shape index (κ2) is 7.45. The van der Waals surface area contributed by atoms with Crippen LogP contribution < -0.4 is 10.6 Å². The van der Waals surface area contributed by atoms with E-state index in [1.165, 1.54) is 0 Å². The lowest BCUT2D eigenvalue weighted by Crippen LogP contribution is -2.40. The van der Waals surface area contributed by atoms with Gasteiger partial charge in [0.25, 0.3) is 0 Å². The van der Waals surface area contributed by atoms with Crippen LogP contribution in [0.3, 0.4) is 0 Å². The Morgan fingerprint density at radius 2 is 1.96 bits per heavy atom. The van der Waals surface area contributed by atoms with Crippen LogP contribution in [-0.2, 0) is 16.0 Å². The van der Waals surface area contributed by atoms with Crippen molar-refractivity contribution in [3.8, 4) is 11.3 Å². The number of carbonyl (C=O) groups excluding carboxylic acids is 2. The van der Waals surface area contributed by atoms with Gasteiger partial charge in [0.15, 0.2) is 0 Å². The van der Waals surface area contributed by atoms with E-state index in [4.69, 9.17) is 11.6 Å². The molecule has 0 saturated carbocycles. The molecule has 3 aromatic rings. The van der Waals surface area contributed by atoms with Crippen LogP contribution >= 0.6 is 11.6 Å². The number of amides is 2. The fraction of sp³-hybridized carbons (Fsp3) is 0.238. The number of fused-ring (bicyclic) bond motifs is 1. The Kier molecular flexibility index (Phi) is 4.86. The maximum Gasteiger partial charge on any atom is 0.242 e. The van der Waals surface area contributed by atoms with E-state index in [0.29, 0.717) is 30.8 Å². The van der Waals surface area contributed by atoms with Gasteiger partial charge >= 0.3 is 0 Å². The molecule has 2 heterocycles. The third-order valence-corrected chi connectivity index (χ3v) is 5.25. The molecule has 3 N–H and O–H groups in total. The SMILES string of the molecule is O=C(CCc1c(-c2ccccc2)[nH]c2c(Cl)cccc12)NC1CCNC1=O. The van der Waals surface area contributed by atoms with E-state index in [1.54, 1.807) is 0 Å². The van der Waals surface area contributed by atoms with Gasteiger partial charge in [-0.3, -0.25) is 9.59 Å². The minimum absolute atomic E-state index is 0.104. The number of aryl methyl sites for hydroxylation is 1. The van der Waals surface area contributed by atoms with E-state index in [2.05, 4.69) is 15.6 Å². The first-order valence-electron chi connectivity index (χ1n) is 9.05. The highest BCUT2D eigenvalue weighted by Crippen LogP contribution is 2.34. The summed E-state index contributed by atoms with van der Waals surface area (Å²) in [6, 6.07) is 15.4. The maximum atomic E-state index is 12.4. The average molecular weight is 382 g/mol. The molecule has 5 nitrogen and oxygen atoms in total. The van der Waals surface area contributed by atoms with Gasteiger partial charge in [-0.2, -0.15) is 0 Å². The number of halogens is 1. The molecule has 1 unspecified atom stereocenters. The molecule has 1 aliphatic heterocycles. The van der Waals surface area contributed by atoms with E-state index < -0.39 is 6.04 Å². The van der Waals surface area contributed by atoms with E-state index in [0.717, 1.165) is 27.7 Å². The Morgan fingerprint density at radius 3 is 2.70 bits per heavy atom. The standard InChI is InChI=1S/C21H20ClN3O2/c22-16-8-4-7-14-15(9-10-18(26)24-17-11-12-23-21(17)27)19(25-20(14)16)13-5-2-1-3-6-13/h1-8,17,25H,9-12H2,(H,23,27)(H,24,26). The summed E-state index contributed by atoms with van der Waals surface area (Å²) in [7, 11) is 0. The van der Waals surface area contributed by atoms with Crippen LogP contribution in [-0.4, -0.2) is 29.4 Å². The van der Waals surface area contributed by atoms with Crippen molar-refractivity contribution in [1.82, 2.24) is 15.6 Å². The lowest BCUT2D eigenvalue weighted by atomic mass is 10.0. The van der Waals surface area contributed by atoms with Crippen molar-refractivity contribution < 1.29 is 9.59 Å². The smallest absolute Gasteiger partial charge is 0.242 e. The second-order valence-corrected chi connectivity index (χ2v) is 7.11. The molecule has 1 aromatic heterocycles. The lowest BCUT2D eigenvalue weighted by Gasteiger charge is -2.10. The van der Waals surface area contributed by atoms with Crippen molar-refractivity contribution in [2.24, 2.45) is 0 Å². The van der Waals surface area contributed by atoms with Crippen LogP contribution in [0, 0.1) is 0 Å². The van der Waals surface area contributed by atoms with Gasteiger partial charge < -0.3 is 15.6 Å². The summed E-state index contributed by atoms with van der Waals surface area (Å²) in [4.78, 5) is 27.4. The third-order valence-electron chi connectivity index (χ3n) is 4.94. The first-order valence-corrected chi connectivity index (χ1v) is 9.43. The number of nitrogens with one attached hydrogen (secondary N) is 3. The molecular weight excluding hydrogens is 362 g/mol. The fourth-order valence-electron chi connectivity index (χ4n) is 3.59. The normalized spacial score (nSPS) is 16.5. The van der Waals surface area contributed by atoms with Crippen LogP contribution in [0.25, 0.3) is 22.2 Å². The highest BCUT2D eigenvalue weighted by atomic mass is 35.5. The molecule has 0 radical (unpaired) electrons. The summed E-state index contributed by atoms with van der Waals surface area (Å²) in [5.41, 5.74) is 3.97. The molecular formula is C21H20ClN3O2. The van der Waals surface area contributed by atoms with Crippen LogP contribution in [0.1, 0.15) is 18.4 Å². The summed E-state index contributed by atoms with van der Waals surface area (Å²) in [5.74, 6) is -0.223. The molecule has 4 rings (SSSR count).